The van der Waals surface area contributed by atoms with Crippen molar-refractivity contribution in [1.29, 1.82) is 0 Å². The number of para-hydroxylation sites is 1. The second kappa shape index (κ2) is 6.38. The summed E-state index contributed by atoms with van der Waals surface area (Å²) in [5.41, 5.74) is 3.52. The molecule has 122 valence electrons. The predicted octanol–water partition coefficient (Wildman–Crippen LogP) is 3.96. The van der Waals surface area contributed by atoms with Crippen molar-refractivity contribution in [3.63, 3.8) is 0 Å². The Labute approximate surface area is 146 Å². The van der Waals surface area contributed by atoms with Crippen LogP contribution in [0.25, 0.3) is 11.1 Å². The first-order chi connectivity index (χ1) is 12.3. The summed E-state index contributed by atoms with van der Waals surface area (Å²) in [6.45, 7) is 0. The predicted molar refractivity (Wildman–Crippen MR) is 99.6 cm³/mol. The highest BCUT2D eigenvalue weighted by molar-refractivity contribution is 6.37. The first kappa shape index (κ1) is 15.4. The van der Waals surface area contributed by atoms with Crippen molar-refractivity contribution >= 4 is 22.7 Å². The van der Waals surface area contributed by atoms with Crippen LogP contribution in [0.5, 0.6) is 0 Å². The zero-order chi connectivity index (χ0) is 17.2. The van der Waals surface area contributed by atoms with Crippen LogP contribution in [-0.4, -0.2) is 17.2 Å². The second-order valence-corrected chi connectivity index (χ2v) is 5.91. The minimum atomic E-state index is -1.02. The largest absolute Gasteiger partial charge is 0.369 e. The van der Waals surface area contributed by atoms with Gasteiger partial charge in [-0.2, -0.15) is 0 Å². The van der Waals surface area contributed by atoms with E-state index in [1.807, 2.05) is 91.0 Å². The van der Waals surface area contributed by atoms with Crippen LogP contribution in [0.15, 0.2) is 91.0 Å². The Bertz CT molecular complexity index is 918. The molecule has 1 atom stereocenters. The van der Waals surface area contributed by atoms with Crippen LogP contribution in [-0.2, 0) is 4.79 Å². The molecular weight excluding hydrogens is 310 g/mol. The molecule has 3 nitrogen and oxygen atoms in total. The van der Waals surface area contributed by atoms with Crippen LogP contribution in [0.2, 0.25) is 0 Å². The molecule has 0 radical (unpaired) electrons. The Morgan fingerprint density at radius 2 is 1.16 bits per heavy atom. The van der Waals surface area contributed by atoms with Crippen LogP contribution >= 0.6 is 0 Å². The topological polar surface area (TPSA) is 40.5 Å². The lowest BCUT2D eigenvalue weighted by atomic mass is 9.96. The molecule has 0 bridgehead atoms. The number of aliphatic hydroxyl groups is 1. The van der Waals surface area contributed by atoms with Crippen molar-refractivity contribution in [2.24, 2.45) is 0 Å². The molecule has 4 rings (SSSR count). The van der Waals surface area contributed by atoms with Gasteiger partial charge in [-0.05, 0) is 23.3 Å². The third kappa shape index (κ3) is 2.65. The van der Waals surface area contributed by atoms with Gasteiger partial charge in [0.15, 0.2) is 6.23 Å². The van der Waals surface area contributed by atoms with Crippen LogP contribution in [0, 0.1) is 0 Å². The van der Waals surface area contributed by atoms with E-state index in [1.165, 1.54) is 4.90 Å². The highest BCUT2D eigenvalue weighted by atomic mass is 16.3. The van der Waals surface area contributed by atoms with Gasteiger partial charge in [-0.25, -0.2) is 0 Å². The number of rotatable bonds is 3. The molecule has 0 spiro atoms. The summed E-state index contributed by atoms with van der Waals surface area (Å²) >= 11 is 0. The maximum absolute atomic E-state index is 13.2. The van der Waals surface area contributed by atoms with Crippen LogP contribution in [0.1, 0.15) is 11.1 Å². The first-order valence-electron chi connectivity index (χ1n) is 8.19. The van der Waals surface area contributed by atoms with Crippen molar-refractivity contribution in [3.05, 3.63) is 102 Å². The van der Waals surface area contributed by atoms with Gasteiger partial charge in [0.2, 0.25) is 0 Å². The molecule has 3 heteroatoms. The molecule has 1 unspecified atom stereocenters. The molecule has 0 saturated heterocycles. The van der Waals surface area contributed by atoms with E-state index in [-0.39, 0.29) is 5.91 Å². The van der Waals surface area contributed by atoms with E-state index in [2.05, 4.69) is 0 Å². The van der Waals surface area contributed by atoms with Gasteiger partial charge in [0.05, 0.1) is 5.57 Å². The minimum absolute atomic E-state index is 0.191. The lowest BCUT2D eigenvalue weighted by molar-refractivity contribution is -0.113. The normalized spacial score (nSPS) is 17.2. The summed E-state index contributed by atoms with van der Waals surface area (Å²) < 4.78 is 0. The highest BCUT2D eigenvalue weighted by Crippen LogP contribution is 2.40. The molecule has 3 aromatic carbocycles. The number of carbonyl (C=O) groups is 1. The number of carbonyl (C=O) groups excluding carboxylic acids is 1. The third-order valence-corrected chi connectivity index (χ3v) is 4.39. The standard InChI is InChI=1S/C22H17NO2/c24-21-19(16-10-4-1-5-11-16)20(17-12-6-2-7-13-17)22(25)23(21)18-14-8-3-9-15-18/h1-15,21,24H. The van der Waals surface area contributed by atoms with E-state index in [4.69, 9.17) is 0 Å². The van der Waals surface area contributed by atoms with Gasteiger partial charge < -0.3 is 5.11 Å². The van der Waals surface area contributed by atoms with Crippen molar-refractivity contribution in [3.8, 4) is 0 Å². The van der Waals surface area contributed by atoms with Crippen molar-refractivity contribution in [2.45, 2.75) is 6.23 Å². The van der Waals surface area contributed by atoms with Crippen LogP contribution in [0.3, 0.4) is 0 Å². The first-order valence-corrected chi connectivity index (χ1v) is 8.19. The Balaban J connectivity index is 1.91. The molecule has 0 saturated carbocycles. The molecule has 1 aliphatic heterocycles. The minimum Gasteiger partial charge on any atom is -0.369 e. The fourth-order valence-electron chi connectivity index (χ4n) is 3.25. The molecule has 1 N–H and O–H groups in total. The SMILES string of the molecule is O=C1C(c2ccccc2)=C(c2ccccc2)C(O)N1c1ccccc1. The van der Waals surface area contributed by atoms with Crippen molar-refractivity contribution < 1.29 is 9.90 Å². The Hall–Kier alpha value is -3.17. The fourth-order valence-corrected chi connectivity index (χ4v) is 3.25. The molecule has 1 heterocycles. The van der Waals surface area contributed by atoms with Crippen LogP contribution < -0.4 is 4.90 Å². The average molecular weight is 327 g/mol. The van der Waals surface area contributed by atoms with Gasteiger partial charge >= 0.3 is 0 Å². The summed E-state index contributed by atoms with van der Waals surface area (Å²) in [4.78, 5) is 14.7. The van der Waals surface area contributed by atoms with Gasteiger partial charge in [-0.3, -0.25) is 9.69 Å². The van der Waals surface area contributed by atoms with E-state index in [0.717, 1.165) is 11.1 Å². The highest BCUT2D eigenvalue weighted by Gasteiger charge is 2.40. The summed E-state index contributed by atoms with van der Waals surface area (Å²) in [7, 11) is 0. The Morgan fingerprint density at radius 1 is 0.680 bits per heavy atom. The maximum atomic E-state index is 13.2. The van der Waals surface area contributed by atoms with Gasteiger partial charge in [0.25, 0.3) is 5.91 Å². The Morgan fingerprint density at radius 3 is 1.72 bits per heavy atom. The summed E-state index contributed by atoms with van der Waals surface area (Å²) in [6, 6.07) is 28.4. The van der Waals surface area contributed by atoms with Crippen molar-refractivity contribution in [1.82, 2.24) is 0 Å². The molecule has 1 aliphatic rings. The number of nitrogens with zero attached hydrogens (tertiary/aromatic N) is 1. The molecule has 0 aliphatic carbocycles. The molecule has 1 amide bonds. The number of anilines is 1. The van der Waals surface area contributed by atoms with E-state index < -0.39 is 6.23 Å². The number of aliphatic hydroxyl groups excluding tert-OH is 1. The van der Waals surface area contributed by atoms with Gasteiger partial charge in [0.1, 0.15) is 0 Å². The summed E-state index contributed by atoms with van der Waals surface area (Å²) in [5.74, 6) is -0.191. The number of benzene rings is 3. The quantitative estimate of drug-likeness (QED) is 0.791. The number of hydrogen-bond donors (Lipinski definition) is 1. The van der Waals surface area contributed by atoms with Gasteiger partial charge in [0, 0.05) is 11.3 Å². The number of hydrogen-bond acceptors (Lipinski definition) is 2. The maximum Gasteiger partial charge on any atom is 0.261 e. The molecule has 3 aromatic rings. The summed E-state index contributed by atoms with van der Waals surface area (Å²) in [5, 5.41) is 11.0. The van der Waals surface area contributed by atoms with Crippen molar-refractivity contribution in [2.75, 3.05) is 4.90 Å². The van der Waals surface area contributed by atoms with E-state index in [9.17, 15) is 9.90 Å². The third-order valence-electron chi connectivity index (χ3n) is 4.39. The second-order valence-electron chi connectivity index (χ2n) is 5.91. The lowest BCUT2D eigenvalue weighted by Crippen LogP contribution is -2.35. The smallest absolute Gasteiger partial charge is 0.261 e. The zero-order valence-corrected chi connectivity index (χ0v) is 13.5. The molecule has 0 fully saturated rings. The van der Waals surface area contributed by atoms with E-state index >= 15 is 0 Å². The average Bonchev–Trinajstić information content (AvgIpc) is 2.94. The molecule has 25 heavy (non-hydrogen) atoms. The Kier molecular flexibility index (Phi) is 3.92. The van der Waals surface area contributed by atoms with E-state index in [0.29, 0.717) is 16.8 Å². The monoisotopic (exact) mass is 327 g/mol. The van der Waals surface area contributed by atoms with E-state index in [1.54, 1.807) is 0 Å². The summed E-state index contributed by atoms with van der Waals surface area (Å²) in [6.07, 6.45) is -1.02. The lowest BCUT2D eigenvalue weighted by Gasteiger charge is -2.22. The molecule has 0 aromatic heterocycles. The fraction of sp³-hybridized carbons (Fsp3) is 0.0455. The number of amides is 1. The van der Waals surface area contributed by atoms with Gasteiger partial charge in [-0.15, -0.1) is 0 Å². The van der Waals surface area contributed by atoms with Crippen LogP contribution in [0.4, 0.5) is 5.69 Å². The zero-order valence-electron chi connectivity index (χ0n) is 13.5. The van der Waals surface area contributed by atoms with Gasteiger partial charge in [-0.1, -0.05) is 78.9 Å². The molecular formula is C22H17NO2.